The Balaban J connectivity index is 1.67. The zero-order valence-corrected chi connectivity index (χ0v) is 11.2. The normalized spacial score (nSPS) is 15.4. The highest BCUT2D eigenvalue weighted by molar-refractivity contribution is 5.71. The largest absolute Gasteiger partial charge is 0.413 e. The molecule has 1 aliphatic carbocycles. The zero-order valence-electron chi connectivity index (χ0n) is 11.2. The average Bonchev–Trinajstić information content (AvgIpc) is 3.31. The number of benzene rings is 2. The number of ether oxygens (including phenoxy) is 1. The molecule has 3 nitrogen and oxygen atoms in total. The van der Waals surface area contributed by atoms with Gasteiger partial charge in [-0.1, -0.05) is 48.5 Å². The van der Waals surface area contributed by atoms with Crippen molar-refractivity contribution in [1.82, 2.24) is 5.32 Å². The molecule has 3 rings (SSSR count). The van der Waals surface area contributed by atoms with Crippen LogP contribution in [-0.4, -0.2) is 6.09 Å². The summed E-state index contributed by atoms with van der Waals surface area (Å²) in [6, 6.07) is 19.2. The minimum atomic E-state index is -0.392. The summed E-state index contributed by atoms with van der Waals surface area (Å²) in [5, 5.41) is 2.98. The van der Waals surface area contributed by atoms with Crippen LogP contribution in [-0.2, 0) is 0 Å². The lowest BCUT2D eigenvalue weighted by molar-refractivity contribution is 0.194. The first-order chi connectivity index (χ1) is 9.83. The van der Waals surface area contributed by atoms with E-state index in [4.69, 9.17) is 4.74 Å². The van der Waals surface area contributed by atoms with Gasteiger partial charge in [-0.25, -0.2) is 4.79 Å². The molecule has 1 amide bonds. The van der Waals surface area contributed by atoms with E-state index < -0.39 is 6.09 Å². The molecule has 102 valence electrons. The van der Waals surface area contributed by atoms with Gasteiger partial charge in [0.2, 0.25) is 0 Å². The number of amides is 1. The fourth-order valence-corrected chi connectivity index (χ4v) is 2.32. The van der Waals surface area contributed by atoms with Gasteiger partial charge in [-0.05, 0) is 36.5 Å². The summed E-state index contributed by atoms with van der Waals surface area (Å²) in [5.41, 5.74) is 1.14. The molecule has 0 unspecified atom stereocenters. The van der Waals surface area contributed by atoms with Crippen LogP contribution in [0, 0.1) is 5.92 Å². The molecule has 1 aliphatic rings. The second-order valence-electron chi connectivity index (χ2n) is 5.07. The van der Waals surface area contributed by atoms with Crippen molar-refractivity contribution < 1.29 is 9.53 Å². The molecule has 1 N–H and O–H groups in total. The minimum absolute atomic E-state index is 0.0485. The number of hydrogen-bond donors (Lipinski definition) is 1. The van der Waals surface area contributed by atoms with Crippen LogP contribution >= 0.6 is 0 Å². The van der Waals surface area contributed by atoms with Crippen LogP contribution in [0.5, 0.6) is 5.75 Å². The molecule has 0 bridgehead atoms. The maximum absolute atomic E-state index is 12.0. The van der Waals surface area contributed by atoms with Crippen LogP contribution in [0.15, 0.2) is 60.7 Å². The Morgan fingerprint density at radius 2 is 1.60 bits per heavy atom. The van der Waals surface area contributed by atoms with Crippen molar-refractivity contribution in [2.45, 2.75) is 18.9 Å². The molecule has 3 heteroatoms. The fourth-order valence-electron chi connectivity index (χ4n) is 2.32. The first-order valence-corrected chi connectivity index (χ1v) is 6.91. The van der Waals surface area contributed by atoms with Crippen molar-refractivity contribution in [3.63, 3.8) is 0 Å². The Labute approximate surface area is 118 Å². The highest BCUT2D eigenvalue weighted by Crippen LogP contribution is 2.40. The van der Waals surface area contributed by atoms with E-state index in [0.29, 0.717) is 11.7 Å². The van der Waals surface area contributed by atoms with Gasteiger partial charge in [-0.15, -0.1) is 0 Å². The van der Waals surface area contributed by atoms with Crippen LogP contribution in [0.1, 0.15) is 24.4 Å². The van der Waals surface area contributed by atoms with Gasteiger partial charge >= 0.3 is 6.09 Å². The summed E-state index contributed by atoms with van der Waals surface area (Å²) < 4.78 is 5.29. The number of para-hydroxylation sites is 1. The maximum atomic E-state index is 12.0. The first-order valence-electron chi connectivity index (χ1n) is 6.91. The lowest BCUT2D eigenvalue weighted by Gasteiger charge is -2.18. The molecule has 20 heavy (non-hydrogen) atoms. The van der Waals surface area contributed by atoms with Crippen molar-refractivity contribution in [1.29, 1.82) is 0 Å². The van der Waals surface area contributed by atoms with Gasteiger partial charge in [0.25, 0.3) is 0 Å². The Kier molecular flexibility index (Phi) is 3.68. The van der Waals surface area contributed by atoms with Gasteiger partial charge in [0.15, 0.2) is 0 Å². The van der Waals surface area contributed by atoms with Crippen LogP contribution < -0.4 is 10.1 Å². The van der Waals surface area contributed by atoms with Gasteiger partial charge in [-0.2, -0.15) is 0 Å². The first kappa shape index (κ1) is 12.7. The number of hydrogen-bond acceptors (Lipinski definition) is 2. The molecule has 0 radical (unpaired) electrons. The van der Waals surface area contributed by atoms with Crippen LogP contribution in [0.3, 0.4) is 0 Å². The van der Waals surface area contributed by atoms with E-state index in [9.17, 15) is 4.79 Å². The molecule has 0 spiro atoms. The smallest absolute Gasteiger partial charge is 0.410 e. The summed E-state index contributed by atoms with van der Waals surface area (Å²) in [4.78, 5) is 12.0. The van der Waals surface area contributed by atoms with Crippen LogP contribution in [0.4, 0.5) is 4.79 Å². The molecule has 1 fully saturated rings. The SMILES string of the molecule is O=C(N[C@@H](c1ccccc1)C1CC1)Oc1ccccc1. The Bertz CT molecular complexity index is 564. The summed E-state index contributed by atoms with van der Waals surface area (Å²) in [6.07, 6.45) is 1.92. The molecular weight excluding hydrogens is 250 g/mol. The summed E-state index contributed by atoms with van der Waals surface area (Å²) in [5.74, 6) is 1.09. The Hall–Kier alpha value is -2.29. The van der Waals surface area contributed by atoms with E-state index >= 15 is 0 Å². The average molecular weight is 267 g/mol. The molecule has 0 saturated heterocycles. The molecule has 0 aromatic heterocycles. The maximum Gasteiger partial charge on any atom is 0.413 e. The van der Waals surface area contributed by atoms with Crippen molar-refractivity contribution in [2.24, 2.45) is 5.92 Å². The standard InChI is InChI=1S/C17H17NO2/c19-17(20-15-9-5-2-6-10-15)18-16(14-11-12-14)13-7-3-1-4-8-13/h1-10,14,16H,11-12H2,(H,18,19)/t16-/m0/s1. The summed E-state index contributed by atoms with van der Waals surface area (Å²) >= 11 is 0. The van der Waals surface area contributed by atoms with Crippen LogP contribution in [0.25, 0.3) is 0 Å². The van der Waals surface area contributed by atoms with Gasteiger partial charge in [0.1, 0.15) is 5.75 Å². The number of carbonyl (C=O) groups excluding carboxylic acids is 1. The zero-order chi connectivity index (χ0) is 13.8. The van der Waals surface area contributed by atoms with Gasteiger partial charge in [0.05, 0.1) is 6.04 Å². The van der Waals surface area contributed by atoms with Crippen molar-refractivity contribution in [3.05, 3.63) is 66.2 Å². The number of nitrogens with one attached hydrogen (secondary N) is 1. The second kappa shape index (κ2) is 5.78. The van der Waals surface area contributed by atoms with Crippen molar-refractivity contribution >= 4 is 6.09 Å². The highest BCUT2D eigenvalue weighted by atomic mass is 16.6. The topological polar surface area (TPSA) is 38.3 Å². The van der Waals surface area contributed by atoms with E-state index in [1.165, 1.54) is 0 Å². The van der Waals surface area contributed by atoms with Crippen LogP contribution in [0.2, 0.25) is 0 Å². The quantitative estimate of drug-likeness (QED) is 0.911. The molecular formula is C17H17NO2. The molecule has 0 heterocycles. The third-order valence-corrected chi connectivity index (χ3v) is 3.48. The molecule has 2 aromatic rings. The Morgan fingerprint density at radius 1 is 1.00 bits per heavy atom. The van der Waals surface area contributed by atoms with E-state index in [2.05, 4.69) is 5.32 Å². The molecule has 1 saturated carbocycles. The van der Waals surface area contributed by atoms with Gasteiger partial charge < -0.3 is 10.1 Å². The Morgan fingerprint density at radius 3 is 2.20 bits per heavy atom. The third kappa shape index (κ3) is 3.18. The monoisotopic (exact) mass is 267 g/mol. The number of rotatable bonds is 4. The van der Waals surface area contributed by atoms with Gasteiger partial charge in [-0.3, -0.25) is 0 Å². The van der Waals surface area contributed by atoms with E-state index in [0.717, 1.165) is 18.4 Å². The number of carbonyl (C=O) groups is 1. The minimum Gasteiger partial charge on any atom is -0.410 e. The highest BCUT2D eigenvalue weighted by Gasteiger charge is 2.33. The molecule has 0 aliphatic heterocycles. The summed E-state index contributed by atoms with van der Waals surface area (Å²) in [7, 11) is 0. The van der Waals surface area contributed by atoms with Crippen molar-refractivity contribution in [2.75, 3.05) is 0 Å². The third-order valence-electron chi connectivity index (χ3n) is 3.48. The fraction of sp³-hybridized carbons (Fsp3) is 0.235. The predicted molar refractivity (Wildman–Crippen MR) is 77.5 cm³/mol. The molecule has 1 atom stereocenters. The molecule has 2 aromatic carbocycles. The lowest BCUT2D eigenvalue weighted by Crippen LogP contribution is -2.32. The van der Waals surface area contributed by atoms with E-state index in [1.54, 1.807) is 12.1 Å². The predicted octanol–water partition coefficient (Wildman–Crippen LogP) is 3.93. The summed E-state index contributed by atoms with van der Waals surface area (Å²) in [6.45, 7) is 0. The van der Waals surface area contributed by atoms with Crippen molar-refractivity contribution in [3.8, 4) is 5.75 Å². The van der Waals surface area contributed by atoms with E-state index in [-0.39, 0.29) is 6.04 Å². The van der Waals surface area contributed by atoms with Gasteiger partial charge in [0, 0.05) is 0 Å². The van der Waals surface area contributed by atoms with E-state index in [1.807, 2.05) is 48.5 Å². The second-order valence-corrected chi connectivity index (χ2v) is 5.07. The lowest BCUT2D eigenvalue weighted by atomic mass is 10.0.